The Morgan fingerprint density at radius 3 is 1.77 bits per heavy atom. The Hall–Kier alpha value is -3.13. The summed E-state index contributed by atoms with van der Waals surface area (Å²) in [5.41, 5.74) is 1.72. The maximum Gasteiger partial charge on any atom is 0.335 e. The molecular formula is C27H32O12. The van der Waals surface area contributed by atoms with E-state index in [0.717, 1.165) is 11.1 Å². The van der Waals surface area contributed by atoms with Crippen LogP contribution in [0.2, 0.25) is 0 Å². The number of carbonyl (C=O) groups is 1. The van der Waals surface area contributed by atoms with Gasteiger partial charge in [-0.1, -0.05) is 12.1 Å². The van der Waals surface area contributed by atoms with Gasteiger partial charge in [-0.2, -0.15) is 0 Å². The first-order valence-electron chi connectivity index (χ1n) is 12.5. The van der Waals surface area contributed by atoms with Gasteiger partial charge in [-0.3, -0.25) is 0 Å². The van der Waals surface area contributed by atoms with Gasteiger partial charge in [0, 0.05) is 11.8 Å². The third-order valence-corrected chi connectivity index (χ3v) is 7.57. The number of ether oxygens (including phenoxy) is 7. The lowest BCUT2D eigenvalue weighted by Gasteiger charge is -2.38. The van der Waals surface area contributed by atoms with E-state index in [1.165, 1.54) is 7.11 Å². The first kappa shape index (κ1) is 27.4. The molecule has 12 heteroatoms. The second-order valence-electron chi connectivity index (χ2n) is 9.71. The van der Waals surface area contributed by atoms with Crippen LogP contribution in [0.3, 0.4) is 0 Å². The topological polar surface area (TPSA) is 163 Å². The molecule has 0 bridgehead atoms. The van der Waals surface area contributed by atoms with Crippen LogP contribution in [-0.4, -0.2) is 91.6 Å². The molecular weight excluding hydrogens is 516 g/mol. The highest BCUT2D eigenvalue weighted by Crippen LogP contribution is 2.51. The minimum absolute atomic E-state index is 0.0363. The van der Waals surface area contributed by atoms with Crippen LogP contribution in [0.4, 0.5) is 0 Å². The van der Waals surface area contributed by atoms with Crippen molar-refractivity contribution >= 4 is 5.97 Å². The Bertz CT molecular complexity index is 1190. The lowest BCUT2D eigenvalue weighted by molar-refractivity contribution is -0.271. The van der Waals surface area contributed by atoms with Crippen molar-refractivity contribution in [2.75, 3.05) is 34.5 Å². The number of methoxy groups -OCH3 is 3. The number of fused-ring (bicyclic) bond motifs is 1. The van der Waals surface area contributed by atoms with Crippen LogP contribution in [0.5, 0.6) is 23.0 Å². The van der Waals surface area contributed by atoms with Crippen LogP contribution < -0.4 is 18.9 Å². The zero-order valence-corrected chi connectivity index (χ0v) is 21.6. The van der Waals surface area contributed by atoms with E-state index in [2.05, 4.69) is 0 Å². The van der Waals surface area contributed by atoms with Crippen molar-refractivity contribution in [2.45, 2.75) is 42.9 Å². The Morgan fingerprint density at radius 2 is 1.26 bits per heavy atom. The van der Waals surface area contributed by atoms with E-state index in [0.29, 0.717) is 30.5 Å². The fraction of sp³-hybridized carbons (Fsp3) is 0.519. The molecule has 12 nitrogen and oxygen atoms in total. The number of carboxylic acid groups (broad SMARTS) is 1. The monoisotopic (exact) mass is 548 g/mol. The minimum atomic E-state index is -1.82. The smallest absolute Gasteiger partial charge is 0.335 e. The van der Waals surface area contributed by atoms with Gasteiger partial charge < -0.3 is 53.6 Å². The molecule has 3 fully saturated rings. The maximum atomic E-state index is 11.5. The molecule has 3 heterocycles. The number of hydrogen-bond donors (Lipinski definition) is 4. The Morgan fingerprint density at radius 1 is 0.744 bits per heavy atom. The van der Waals surface area contributed by atoms with E-state index >= 15 is 0 Å². The number of aliphatic carboxylic acids is 1. The minimum Gasteiger partial charge on any atom is -0.493 e. The molecule has 0 aromatic heterocycles. The summed E-state index contributed by atoms with van der Waals surface area (Å²) in [5.74, 6) is 0.301. The summed E-state index contributed by atoms with van der Waals surface area (Å²) < 4.78 is 39.7. The quantitative estimate of drug-likeness (QED) is 0.372. The number of aliphatic hydroxyl groups is 3. The molecule has 39 heavy (non-hydrogen) atoms. The van der Waals surface area contributed by atoms with Crippen molar-refractivity contribution in [3.8, 4) is 23.0 Å². The molecule has 2 aromatic rings. The Balaban J connectivity index is 1.36. The summed E-state index contributed by atoms with van der Waals surface area (Å²) in [6.07, 6.45) is -9.20. The molecule has 0 amide bonds. The van der Waals surface area contributed by atoms with Crippen molar-refractivity contribution in [1.82, 2.24) is 0 Å². The van der Waals surface area contributed by atoms with Gasteiger partial charge in [0.05, 0.1) is 46.8 Å². The molecule has 0 aliphatic carbocycles. The summed E-state index contributed by atoms with van der Waals surface area (Å²) in [6, 6.07) is 10.9. The highest BCUT2D eigenvalue weighted by Gasteiger charge is 2.50. The van der Waals surface area contributed by atoms with Crippen LogP contribution in [0, 0.1) is 11.8 Å². The van der Waals surface area contributed by atoms with Gasteiger partial charge >= 0.3 is 5.97 Å². The Labute approximate surface area is 224 Å². The maximum absolute atomic E-state index is 11.5. The van der Waals surface area contributed by atoms with Gasteiger partial charge in [-0.15, -0.1) is 0 Å². The number of carboxylic acids is 1. The van der Waals surface area contributed by atoms with Crippen LogP contribution in [-0.2, 0) is 19.0 Å². The molecule has 3 unspecified atom stereocenters. The summed E-state index contributed by atoms with van der Waals surface area (Å²) in [6.45, 7) is 0.927. The average molecular weight is 549 g/mol. The van der Waals surface area contributed by atoms with E-state index in [9.17, 15) is 25.2 Å². The predicted octanol–water partition coefficient (Wildman–Crippen LogP) is 1.06. The molecule has 3 saturated heterocycles. The van der Waals surface area contributed by atoms with E-state index < -0.39 is 36.7 Å². The molecule has 0 spiro atoms. The molecule has 0 saturated carbocycles. The molecule has 4 N–H and O–H groups in total. The van der Waals surface area contributed by atoms with E-state index in [-0.39, 0.29) is 29.8 Å². The first-order valence-corrected chi connectivity index (χ1v) is 12.5. The van der Waals surface area contributed by atoms with Crippen molar-refractivity contribution in [2.24, 2.45) is 11.8 Å². The summed E-state index contributed by atoms with van der Waals surface area (Å²) >= 11 is 0. The van der Waals surface area contributed by atoms with Crippen LogP contribution in [0.25, 0.3) is 0 Å². The lowest BCUT2D eigenvalue weighted by Crippen LogP contribution is -2.61. The molecule has 2 aromatic carbocycles. The van der Waals surface area contributed by atoms with Gasteiger partial charge in [0.2, 0.25) is 6.29 Å². The van der Waals surface area contributed by atoms with E-state index in [4.69, 9.17) is 33.2 Å². The van der Waals surface area contributed by atoms with Crippen LogP contribution in [0.1, 0.15) is 23.3 Å². The number of hydrogen-bond acceptors (Lipinski definition) is 11. The van der Waals surface area contributed by atoms with E-state index in [1.807, 2.05) is 24.3 Å². The van der Waals surface area contributed by atoms with Crippen molar-refractivity contribution in [1.29, 1.82) is 0 Å². The fourth-order valence-corrected chi connectivity index (χ4v) is 5.50. The van der Waals surface area contributed by atoms with Crippen LogP contribution >= 0.6 is 0 Å². The third-order valence-electron chi connectivity index (χ3n) is 7.57. The number of benzene rings is 2. The Kier molecular flexibility index (Phi) is 7.85. The van der Waals surface area contributed by atoms with Crippen molar-refractivity contribution in [3.05, 3.63) is 47.5 Å². The third kappa shape index (κ3) is 4.99. The van der Waals surface area contributed by atoms with Crippen LogP contribution in [0.15, 0.2) is 36.4 Å². The second kappa shape index (κ2) is 11.2. The van der Waals surface area contributed by atoms with E-state index in [1.54, 1.807) is 26.4 Å². The lowest BCUT2D eigenvalue weighted by atomic mass is 9.85. The fourth-order valence-electron chi connectivity index (χ4n) is 5.50. The van der Waals surface area contributed by atoms with Crippen molar-refractivity contribution < 1.29 is 58.4 Å². The summed E-state index contributed by atoms with van der Waals surface area (Å²) in [7, 11) is 4.60. The molecule has 3 aliphatic heterocycles. The zero-order chi connectivity index (χ0) is 27.8. The van der Waals surface area contributed by atoms with Gasteiger partial charge in [0.25, 0.3) is 0 Å². The average Bonchev–Trinajstić information content (AvgIpc) is 3.55. The molecule has 5 rings (SSSR count). The van der Waals surface area contributed by atoms with Crippen molar-refractivity contribution in [3.63, 3.8) is 0 Å². The van der Waals surface area contributed by atoms with Gasteiger partial charge in [-0.25, -0.2) is 4.79 Å². The highest BCUT2D eigenvalue weighted by molar-refractivity contribution is 5.73. The SMILES string of the molecule is COc1ccc([C@H]2OCC3C2CO[C@H]3c2ccc(OC)c(OC3O[C@@H](C(=O)O)[C@H](O)[C@@H](O)[C@@H]3O)c2)cc1OC. The normalized spacial score (nSPS) is 33.8. The predicted molar refractivity (Wildman–Crippen MR) is 132 cm³/mol. The standard InChI is InChI=1S/C27H32O12/c1-33-16-6-4-12(8-18(16)35-3)23-14-10-37-24(15(14)11-36-23)13-5-7-17(34-2)19(9-13)38-27-22(30)20(28)21(29)25(39-27)26(31)32/h4-9,14-15,20-25,27-30H,10-11H2,1-3H3,(H,31,32)/t14?,15?,20-,21-,22+,23-,24+,25-,27?/m1/s1. The molecule has 212 valence electrons. The molecule has 3 aliphatic rings. The largest absolute Gasteiger partial charge is 0.493 e. The highest BCUT2D eigenvalue weighted by atomic mass is 16.7. The summed E-state index contributed by atoms with van der Waals surface area (Å²) in [4.78, 5) is 11.5. The van der Waals surface area contributed by atoms with Gasteiger partial charge in [0.15, 0.2) is 29.1 Å². The number of rotatable bonds is 8. The molecule has 0 radical (unpaired) electrons. The zero-order valence-electron chi connectivity index (χ0n) is 21.6. The van der Waals surface area contributed by atoms with Gasteiger partial charge in [0.1, 0.15) is 18.3 Å². The summed E-state index contributed by atoms with van der Waals surface area (Å²) in [5, 5.41) is 39.8. The molecule has 9 atom stereocenters. The second-order valence-corrected chi connectivity index (χ2v) is 9.71. The first-order chi connectivity index (χ1) is 18.8. The number of aliphatic hydroxyl groups excluding tert-OH is 3. The van der Waals surface area contributed by atoms with Gasteiger partial charge in [-0.05, 0) is 35.4 Å².